The summed E-state index contributed by atoms with van der Waals surface area (Å²) in [5.74, 6) is -0.624. The molecule has 0 amide bonds. The van der Waals surface area contributed by atoms with E-state index in [4.69, 9.17) is 32.7 Å². The van der Waals surface area contributed by atoms with Gasteiger partial charge in [-0.2, -0.15) is 8.78 Å². The maximum Gasteiger partial charge on any atom is 0.387 e. The number of esters is 1. The van der Waals surface area contributed by atoms with Crippen LogP contribution in [0.5, 0.6) is 11.5 Å². The van der Waals surface area contributed by atoms with Gasteiger partial charge in [-0.3, -0.25) is 0 Å². The summed E-state index contributed by atoms with van der Waals surface area (Å²) >= 11 is 13.8. The number of hydrogen-bond donors (Lipinski definition) is 0. The van der Waals surface area contributed by atoms with E-state index >= 15 is 0 Å². The molecule has 1 aromatic carbocycles. The first-order valence-corrected chi connectivity index (χ1v) is 10.6. The van der Waals surface area contributed by atoms with Crippen LogP contribution in [0.2, 0.25) is 0 Å². The lowest BCUT2D eigenvalue weighted by molar-refractivity contribution is -0.0512. The number of halogens is 4. The summed E-state index contributed by atoms with van der Waals surface area (Å²) in [4.78, 5) is 13.0. The van der Waals surface area contributed by atoms with Gasteiger partial charge in [0.25, 0.3) is 0 Å². The second-order valence-electron chi connectivity index (χ2n) is 6.03. The Morgan fingerprint density at radius 1 is 1.26 bits per heavy atom. The van der Waals surface area contributed by atoms with Crippen molar-refractivity contribution in [3.63, 3.8) is 0 Å². The molecule has 0 aliphatic rings. The first-order valence-electron chi connectivity index (χ1n) is 9.01. The zero-order chi connectivity index (χ0) is 23.0. The van der Waals surface area contributed by atoms with Crippen LogP contribution in [0.1, 0.15) is 34.7 Å². The molecule has 2 rings (SSSR count). The van der Waals surface area contributed by atoms with Gasteiger partial charge in [-0.05, 0) is 41.6 Å². The molecule has 0 spiro atoms. The number of ether oxygens (including phenoxy) is 3. The predicted octanol–water partition coefficient (Wildman–Crippen LogP) is 7.47. The van der Waals surface area contributed by atoms with E-state index in [-0.39, 0.29) is 17.9 Å². The Morgan fingerprint density at radius 3 is 2.55 bits per heavy atom. The molecule has 0 unspecified atom stereocenters. The number of hydrogen-bond acceptors (Lipinski definition) is 5. The fraction of sp³-hybridized carbons (Fsp3) is 0.227. The highest BCUT2D eigenvalue weighted by Crippen LogP contribution is 2.38. The minimum Gasteiger partial charge on any atom is -0.493 e. The van der Waals surface area contributed by atoms with Crippen molar-refractivity contribution in [3.05, 3.63) is 80.5 Å². The fourth-order valence-corrected chi connectivity index (χ4v) is 3.69. The van der Waals surface area contributed by atoms with Crippen LogP contribution < -0.4 is 9.47 Å². The minimum atomic E-state index is -3.01. The molecular formula is C22H20Cl2F2O4S. The molecule has 0 N–H and O–H groups in total. The van der Waals surface area contributed by atoms with Gasteiger partial charge in [-0.15, -0.1) is 11.3 Å². The van der Waals surface area contributed by atoms with Gasteiger partial charge in [0.15, 0.2) is 11.5 Å². The summed E-state index contributed by atoms with van der Waals surface area (Å²) in [6, 6.07) is 7.66. The van der Waals surface area contributed by atoms with Crippen molar-refractivity contribution in [3.8, 4) is 11.5 Å². The van der Waals surface area contributed by atoms with Crippen LogP contribution in [0.15, 0.2) is 70.1 Å². The van der Waals surface area contributed by atoms with Gasteiger partial charge in [0.1, 0.15) is 11.0 Å². The summed E-state index contributed by atoms with van der Waals surface area (Å²) in [7, 11) is 1.32. The summed E-state index contributed by atoms with van der Waals surface area (Å²) < 4.78 is 40.7. The predicted molar refractivity (Wildman–Crippen MR) is 119 cm³/mol. The standard InChI is InChI=1S/C22H20Cl2F2O4S/c1-4-15(23)14(16(24)5-2)12-18(29-21(27)20-7-6-10-31-20)13-8-9-17(30-22(25)26)19(11-13)28-3/h4-11,18,22H,1,12H2,2-3H3/b15-14+,16-5+/t18-/m0/s1. The van der Waals surface area contributed by atoms with E-state index in [0.29, 0.717) is 26.1 Å². The third-order valence-electron chi connectivity index (χ3n) is 4.15. The molecule has 0 bridgehead atoms. The van der Waals surface area contributed by atoms with Crippen LogP contribution in [-0.4, -0.2) is 19.7 Å². The Morgan fingerprint density at radius 2 is 2.00 bits per heavy atom. The maximum atomic E-state index is 12.7. The van der Waals surface area contributed by atoms with Crippen molar-refractivity contribution < 1.29 is 27.8 Å². The van der Waals surface area contributed by atoms with E-state index in [9.17, 15) is 13.6 Å². The summed E-state index contributed by atoms with van der Waals surface area (Å²) in [5.41, 5.74) is 0.992. The highest BCUT2D eigenvalue weighted by molar-refractivity contribution is 7.11. The van der Waals surface area contributed by atoms with Gasteiger partial charge in [-0.1, -0.05) is 54.1 Å². The minimum absolute atomic E-state index is 0.0625. The zero-order valence-corrected chi connectivity index (χ0v) is 19.1. The van der Waals surface area contributed by atoms with Gasteiger partial charge < -0.3 is 14.2 Å². The lowest BCUT2D eigenvalue weighted by atomic mass is 9.99. The molecule has 1 aromatic heterocycles. The number of methoxy groups -OCH3 is 1. The van der Waals surface area contributed by atoms with Crippen molar-refractivity contribution in [2.45, 2.75) is 26.1 Å². The number of rotatable bonds is 10. The van der Waals surface area contributed by atoms with Gasteiger partial charge in [-0.25, -0.2) is 4.79 Å². The number of carbonyl (C=O) groups is 1. The van der Waals surface area contributed by atoms with Crippen LogP contribution in [0, 0.1) is 0 Å². The lowest BCUT2D eigenvalue weighted by Crippen LogP contribution is -2.13. The van der Waals surface area contributed by atoms with Crippen molar-refractivity contribution in [1.29, 1.82) is 0 Å². The Hall–Kier alpha value is -2.35. The molecule has 31 heavy (non-hydrogen) atoms. The lowest BCUT2D eigenvalue weighted by Gasteiger charge is -2.21. The SMILES string of the molecule is C=C/C(Cl)=C(C[C@H](OC(=O)c1cccs1)c1ccc(OC(F)F)c(OC)c1)\C(Cl)=C/C. The number of alkyl halides is 2. The molecule has 9 heteroatoms. The number of thiophene rings is 1. The second kappa shape index (κ2) is 11.9. The first-order chi connectivity index (χ1) is 14.8. The average molecular weight is 489 g/mol. The molecule has 166 valence electrons. The highest BCUT2D eigenvalue weighted by Gasteiger charge is 2.24. The third kappa shape index (κ3) is 6.82. The molecule has 0 aliphatic heterocycles. The highest BCUT2D eigenvalue weighted by atomic mass is 35.5. The summed E-state index contributed by atoms with van der Waals surface area (Å²) in [6.45, 7) is 2.38. The van der Waals surface area contributed by atoms with E-state index in [1.54, 1.807) is 30.5 Å². The molecule has 4 nitrogen and oxygen atoms in total. The Balaban J connectivity index is 2.48. The molecular weight excluding hydrogens is 469 g/mol. The maximum absolute atomic E-state index is 12.7. The van der Waals surface area contributed by atoms with Crippen LogP contribution in [-0.2, 0) is 4.74 Å². The monoisotopic (exact) mass is 488 g/mol. The van der Waals surface area contributed by atoms with Crippen molar-refractivity contribution >= 4 is 40.5 Å². The fourth-order valence-electron chi connectivity index (χ4n) is 2.68. The molecule has 1 atom stereocenters. The molecule has 2 aromatic rings. The Kier molecular flexibility index (Phi) is 9.55. The molecule has 0 saturated carbocycles. The number of allylic oxidation sites excluding steroid dienone is 4. The van der Waals surface area contributed by atoms with Gasteiger partial charge in [0.05, 0.1) is 7.11 Å². The smallest absolute Gasteiger partial charge is 0.387 e. The van der Waals surface area contributed by atoms with E-state index in [0.717, 1.165) is 0 Å². The van der Waals surface area contributed by atoms with Crippen LogP contribution in [0.25, 0.3) is 0 Å². The van der Waals surface area contributed by atoms with E-state index in [1.165, 1.54) is 42.7 Å². The van der Waals surface area contributed by atoms with Crippen LogP contribution in [0.4, 0.5) is 8.78 Å². The van der Waals surface area contributed by atoms with Crippen molar-refractivity contribution in [1.82, 2.24) is 0 Å². The molecule has 0 fully saturated rings. The van der Waals surface area contributed by atoms with Gasteiger partial charge in [0.2, 0.25) is 0 Å². The quantitative estimate of drug-likeness (QED) is 0.257. The summed E-state index contributed by atoms with van der Waals surface area (Å²) in [5, 5.41) is 2.42. The topological polar surface area (TPSA) is 44.8 Å². The van der Waals surface area contributed by atoms with E-state index < -0.39 is 18.7 Å². The Bertz CT molecular complexity index is 972. The molecule has 0 aliphatic carbocycles. The molecule has 0 saturated heterocycles. The largest absolute Gasteiger partial charge is 0.493 e. The normalized spacial score (nSPS) is 13.5. The van der Waals surface area contributed by atoms with Crippen molar-refractivity contribution in [2.24, 2.45) is 0 Å². The van der Waals surface area contributed by atoms with Crippen LogP contribution in [0.3, 0.4) is 0 Å². The Labute approximate surface area is 193 Å². The second-order valence-corrected chi connectivity index (χ2v) is 7.79. The zero-order valence-electron chi connectivity index (χ0n) is 16.7. The molecule has 0 radical (unpaired) electrons. The molecule has 1 heterocycles. The van der Waals surface area contributed by atoms with Gasteiger partial charge >= 0.3 is 12.6 Å². The number of benzene rings is 1. The van der Waals surface area contributed by atoms with Crippen molar-refractivity contribution in [2.75, 3.05) is 7.11 Å². The summed E-state index contributed by atoms with van der Waals surface area (Å²) in [6.07, 6.45) is 2.35. The van der Waals surface area contributed by atoms with E-state index in [2.05, 4.69) is 11.3 Å². The van der Waals surface area contributed by atoms with Gasteiger partial charge in [0, 0.05) is 16.5 Å². The van der Waals surface area contributed by atoms with Crippen LogP contribution >= 0.6 is 34.5 Å². The van der Waals surface area contributed by atoms with E-state index in [1.807, 2.05) is 0 Å². The number of carbonyl (C=O) groups excluding carboxylic acids is 1. The first kappa shape index (κ1) is 24.9. The third-order valence-corrected chi connectivity index (χ3v) is 5.82. The average Bonchev–Trinajstić information content (AvgIpc) is 3.30.